The second-order valence-electron chi connectivity index (χ2n) is 3.43. The lowest BCUT2D eigenvalue weighted by molar-refractivity contribution is 0.721. The number of rotatable bonds is 3. The summed E-state index contributed by atoms with van der Waals surface area (Å²) in [6, 6.07) is 2.20. The molecule has 0 bridgehead atoms. The first kappa shape index (κ1) is 10.7. The van der Waals surface area contributed by atoms with Crippen LogP contribution in [0.25, 0.3) is 0 Å². The van der Waals surface area contributed by atoms with E-state index >= 15 is 0 Å². The van der Waals surface area contributed by atoms with Gasteiger partial charge < -0.3 is 0 Å². The lowest BCUT2D eigenvalue weighted by Crippen LogP contribution is -1.89. The van der Waals surface area contributed by atoms with Gasteiger partial charge in [-0.1, -0.05) is 28.8 Å². The fraction of sp³-hybridized carbons (Fsp3) is 0.556. The van der Waals surface area contributed by atoms with Crippen LogP contribution in [0.1, 0.15) is 29.7 Å². The van der Waals surface area contributed by atoms with Crippen molar-refractivity contribution in [3.05, 3.63) is 19.2 Å². The predicted octanol–water partition coefficient (Wildman–Crippen LogP) is 5.51. The van der Waals surface area contributed by atoms with Crippen molar-refractivity contribution in [2.45, 2.75) is 24.1 Å². The summed E-state index contributed by atoms with van der Waals surface area (Å²) < 4.78 is 2.46. The number of hydrogen-bond acceptors (Lipinski definition) is 1. The molecule has 72 valence electrons. The van der Waals surface area contributed by atoms with Gasteiger partial charge >= 0.3 is 0 Å². The average molecular weight is 389 g/mol. The third kappa shape index (κ3) is 2.80. The highest BCUT2D eigenvalue weighted by molar-refractivity contribution is 9.12. The van der Waals surface area contributed by atoms with Crippen molar-refractivity contribution < 1.29 is 0 Å². The van der Waals surface area contributed by atoms with Crippen molar-refractivity contribution in [2.75, 3.05) is 0 Å². The first-order chi connectivity index (χ1) is 6.16. The van der Waals surface area contributed by atoms with Crippen LogP contribution in [0.3, 0.4) is 0 Å². The fourth-order valence-electron chi connectivity index (χ4n) is 1.34. The molecule has 4 heteroatoms. The predicted molar refractivity (Wildman–Crippen MR) is 68.7 cm³/mol. The molecule has 0 spiro atoms. The highest BCUT2D eigenvalue weighted by Gasteiger charge is 2.26. The molecule has 0 amide bonds. The molecule has 1 aliphatic rings. The smallest absolute Gasteiger partial charge is 0.0753 e. The second kappa shape index (κ2) is 4.33. The zero-order chi connectivity index (χ0) is 9.42. The summed E-state index contributed by atoms with van der Waals surface area (Å²) in [5.41, 5.74) is 1.39. The molecule has 0 nitrogen and oxygen atoms in total. The van der Waals surface area contributed by atoms with Crippen molar-refractivity contribution in [1.82, 2.24) is 0 Å². The minimum Gasteiger partial charge on any atom is -0.121 e. The number of hydrogen-bond donors (Lipinski definition) is 0. The highest BCUT2D eigenvalue weighted by Crippen LogP contribution is 2.45. The summed E-state index contributed by atoms with van der Waals surface area (Å²) in [7, 11) is 0. The van der Waals surface area contributed by atoms with Gasteiger partial charge in [0.25, 0.3) is 0 Å². The topological polar surface area (TPSA) is 0 Å². The van der Waals surface area contributed by atoms with E-state index in [0.717, 1.165) is 5.92 Å². The van der Waals surface area contributed by atoms with E-state index in [-0.39, 0.29) is 0 Å². The van der Waals surface area contributed by atoms with Crippen LogP contribution in [0.2, 0.25) is 0 Å². The molecular weight excluding hydrogens is 380 g/mol. The van der Waals surface area contributed by atoms with Gasteiger partial charge in [-0.3, -0.25) is 0 Å². The first-order valence-electron chi connectivity index (χ1n) is 4.25. The molecule has 13 heavy (non-hydrogen) atoms. The van der Waals surface area contributed by atoms with Crippen molar-refractivity contribution in [1.29, 1.82) is 0 Å². The van der Waals surface area contributed by atoms with Gasteiger partial charge in [-0.15, -0.1) is 11.3 Å². The third-order valence-corrected chi connectivity index (χ3v) is 5.51. The van der Waals surface area contributed by atoms with Crippen LogP contribution in [-0.2, 0) is 0 Å². The number of halogens is 3. The lowest BCUT2D eigenvalue weighted by Gasteiger charge is -2.06. The second-order valence-corrected chi connectivity index (χ2v) is 8.28. The van der Waals surface area contributed by atoms with E-state index in [1.54, 1.807) is 11.3 Å². The molecule has 0 saturated heterocycles. The molecule has 1 heterocycles. The van der Waals surface area contributed by atoms with Crippen LogP contribution in [0, 0.1) is 5.92 Å². The summed E-state index contributed by atoms with van der Waals surface area (Å²) in [6.45, 7) is 0. The van der Waals surface area contributed by atoms with Gasteiger partial charge in [0, 0.05) is 4.83 Å². The Labute approximate surface area is 107 Å². The van der Waals surface area contributed by atoms with Crippen molar-refractivity contribution in [3.8, 4) is 0 Å². The maximum absolute atomic E-state index is 3.75. The van der Waals surface area contributed by atoms with E-state index in [1.165, 1.54) is 32.4 Å². The molecule has 1 aliphatic carbocycles. The number of thiophene rings is 1. The minimum absolute atomic E-state index is 0.525. The normalized spacial score (nSPS) is 19.0. The minimum atomic E-state index is 0.525. The largest absolute Gasteiger partial charge is 0.121 e. The lowest BCUT2D eigenvalue weighted by atomic mass is 10.1. The number of alkyl halides is 1. The molecule has 1 aromatic rings. The monoisotopic (exact) mass is 386 g/mol. The molecule has 0 aromatic carbocycles. The maximum atomic E-state index is 3.75. The van der Waals surface area contributed by atoms with Crippen LogP contribution in [-0.4, -0.2) is 0 Å². The van der Waals surface area contributed by atoms with Gasteiger partial charge in [-0.25, -0.2) is 0 Å². The van der Waals surface area contributed by atoms with Crippen LogP contribution in [0.4, 0.5) is 0 Å². The van der Waals surface area contributed by atoms with Crippen molar-refractivity contribution in [2.24, 2.45) is 5.92 Å². The van der Waals surface area contributed by atoms with Crippen LogP contribution < -0.4 is 0 Å². The van der Waals surface area contributed by atoms with E-state index in [0.29, 0.717) is 4.83 Å². The van der Waals surface area contributed by atoms with Gasteiger partial charge in [0.1, 0.15) is 0 Å². The Hall–Kier alpha value is 1.14. The third-order valence-electron chi connectivity index (χ3n) is 2.26. The Balaban J connectivity index is 2.08. The summed E-state index contributed by atoms with van der Waals surface area (Å²) >= 11 is 12.6. The van der Waals surface area contributed by atoms with Crippen LogP contribution in [0.15, 0.2) is 13.6 Å². The zero-order valence-corrected chi connectivity index (χ0v) is 12.5. The molecule has 0 N–H and O–H groups in total. The molecule has 1 saturated carbocycles. The van der Waals surface area contributed by atoms with Crippen molar-refractivity contribution in [3.63, 3.8) is 0 Å². The molecule has 1 unspecified atom stereocenters. The zero-order valence-electron chi connectivity index (χ0n) is 6.90. The van der Waals surface area contributed by atoms with Crippen molar-refractivity contribution >= 4 is 59.1 Å². The molecular formula is C9H9Br3S. The Morgan fingerprint density at radius 3 is 2.62 bits per heavy atom. The van der Waals surface area contributed by atoms with E-state index in [9.17, 15) is 0 Å². The standard InChI is InChI=1S/C9H9Br3S/c10-7(3-5-1-2-5)6-4-8(11)13-9(6)12/h4-5,7H,1-3H2. The summed E-state index contributed by atoms with van der Waals surface area (Å²) in [5.74, 6) is 0.968. The molecule has 2 rings (SSSR count). The Bertz CT molecular complexity index is 304. The molecule has 0 radical (unpaired) electrons. The summed E-state index contributed by atoms with van der Waals surface area (Å²) in [4.78, 5) is 0.525. The van der Waals surface area contributed by atoms with E-state index in [1.807, 2.05) is 0 Å². The first-order valence-corrected chi connectivity index (χ1v) is 7.57. The molecule has 0 aliphatic heterocycles. The van der Waals surface area contributed by atoms with Gasteiger partial charge in [-0.2, -0.15) is 0 Å². The molecule has 1 aromatic heterocycles. The van der Waals surface area contributed by atoms with Gasteiger partial charge in [0.2, 0.25) is 0 Å². The summed E-state index contributed by atoms with van der Waals surface area (Å²) in [6.07, 6.45) is 4.12. The van der Waals surface area contributed by atoms with Gasteiger partial charge in [-0.05, 0) is 55.8 Å². The SMILES string of the molecule is Brc1cc(C(Br)CC2CC2)c(Br)s1. The van der Waals surface area contributed by atoms with E-state index < -0.39 is 0 Å². The summed E-state index contributed by atoms with van der Waals surface area (Å²) in [5, 5.41) is 0. The van der Waals surface area contributed by atoms with Crippen LogP contribution >= 0.6 is 59.1 Å². The fourth-order valence-corrected chi connectivity index (χ4v) is 5.66. The van der Waals surface area contributed by atoms with E-state index in [2.05, 4.69) is 53.9 Å². The van der Waals surface area contributed by atoms with Gasteiger partial charge in [0.15, 0.2) is 0 Å². The quantitative estimate of drug-likeness (QED) is 0.599. The van der Waals surface area contributed by atoms with Crippen LogP contribution in [0.5, 0.6) is 0 Å². The Morgan fingerprint density at radius 2 is 2.15 bits per heavy atom. The molecule has 1 atom stereocenters. The highest BCUT2D eigenvalue weighted by atomic mass is 79.9. The van der Waals surface area contributed by atoms with E-state index in [4.69, 9.17) is 0 Å². The average Bonchev–Trinajstić information content (AvgIpc) is 2.77. The Kier molecular flexibility index (Phi) is 3.55. The molecule has 1 fully saturated rings. The Morgan fingerprint density at radius 1 is 1.46 bits per heavy atom. The van der Waals surface area contributed by atoms with Gasteiger partial charge in [0.05, 0.1) is 7.57 Å². The maximum Gasteiger partial charge on any atom is 0.0753 e.